The summed E-state index contributed by atoms with van der Waals surface area (Å²) in [7, 11) is 0. The zero-order chi connectivity index (χ0) is 8.10. The third-order valence-corrected chi connectivity index (χ3v) is 1.67. The van der Waals surface area contributed by atoms with Gasteiger partial charge in [0.25, 0.3) is 0 Å². The van der Waals surface area contributed by atoms with Gasteiger partial charge in [0.15, 0.2) is 0 Å². The van der Waals surface area contributed by atoms with E-state index in [-0.39, 0.29) is 5.91 Å². The minimum atomic E-state index is -0.0256. The van der Waals surface area contributed by atoms with Crippen LogP contribution in [0.25, 0.3) is 0 Å². The number of hydrogen-bond donors (Lipinski definition) is 2. The molecule has 0 radical (unpaired) electrons. The van der Waals surface area contributed by atoms with Gasteiger partial charge in [-0.1, -0.05) is 6.08 Å². The molecule has 1 amide bonds. The van der Waals surface area contributed by atoms with Gasteiger partial charge in [0.1, 0.15) is 0 Å². The van der Waals surface area contributed by atoms with E-state index >= 15 is 0 Å². The topological polar surface area (TPSA) is 55.1 Å². The summed E-state index contributed by atoms with van der Waals surface area (Å²) in [6.45, 7) is 1.25. The first-order valence-electron chi connectivity index (χ1n) is 3.97. The van der Waals surface area contributed by atoms with Crippen LogP contribution in [-0.4, -0.2) is 19.0 Å². The molecule has 0 heterocycles. The van der Waals surface area contributed by atoms with E-state index < -0.39 is 0 Å². The zero-order valence-corrected chi connectivity index (χ0v) is 6.55. The standard InChI is InChI=1S/C8H14N2O/c9-5-1-2-8(11)10-6-7-3-4-7/h1-2,7H,3-6,9H2,(H,10,11)/b2-1+. The first-order chi connectivity index (χ1) is 5.33. The van der Waals surface area contributed by atoms with Crippen LogP contribution in [0.15, 0.2) is 12.2 Å². The van der Waals surface area contributed by atoms with Crippen molar-refractivity contribution < 1.29 is 4.79 Å². The lowest BCUT2D eigenvalue weighted by molar-refractivity contribution is -0.116. The van der Waals surface area contributed by atoms with Crippen LogP contribution >= 0.6 is 0 Å². The van der Waals surface area contributed by atoms with Crippen molar-refractivity contribution in [2.75, 3.05) is 13.1 Å². The predicted molar refractivity (Wildman–Crippen MR) is 43.9 cm³/mol. The maximum Gasteiger partial charge on any atom is 0.243 e. The molecule has 62 valence electrons. The summed E-state index contributed by atoms with van der Waals surface area (Å²) in [5, 5.41) is 2.80. The second kappa shape index (κ2) is 4.13. The van der Waals surface area contributed by atoms with E-state index in [0.717, 1.165) is 12.5 Å². The van der Waals surface area contributed by atoms with Gasteiger partial charge in [-0.25, -0.2) is 0 Å². The molecule has 0 unspecified atom stereocenters. The Hall–Kier alpha value is -0.830. The molecule has 1 rings (SSSR count). The monoisotopic (exact) mass is 154 g/mol. The number of hydrogen-bond acceptors (Lipinski definition) is 2. The summed E-state index contributed by atoms with van der Waals surface area (Å²) < 4.78 is 0. The van der Waals surface area contributed by atoms with Gasteiger partial charge in [-0.3, -0.25) is 4.79 Å². The van der Waals surface area contributed by atoms with E-state index in [4.69, 9.17) is 5.73 Å². The SMILES string of the molecule is NC/C=C/C(=O)NCC1CC1. The third-order valence-electron chi connectivity index (χ3n) is 1.67. The van der Waals surface area contributed by atoms with Crippen LogP contribution in [0, 0.1) is 5.92 Å². The lowest BCUT2D eigenvalue weighted by Gasteiger charge is -1.97. The Labute approximate surface area is 66.6 Å². The molecule has 1 aliphatic carbocycles. The Morgan fingerprint density at radius 3 is 2.91 bits per heavy atom. The van der Waals surface area contributed by atoms with Crippen LogP contribution in [0.4, 0.5) is 0 Å². The summed E-state index contributed by atoms with van der Waals surface area (Å²) in [4.78, 5) is 10.9. The molecule has 0 saturated heterocycles. The first-order valence-corrected chi connectivity index (χ1v) is 3.97. The molecule has 3 N–H and O–H groups in total. The number of nitrogens with two attached hydrogens (primary N) is 1. The fourth-order valence-electron chi connectivity index (χ4n) is 0.801. The summed E-state index contributed by atoms with van der Waals surface area (Å²) >= 11 is 0. The molecule has 0 aromatic rings. The fraction of sp³-hybridized carbons (Fsp3) is 0.625. The third kappa shape index (κ3) is 3.78. The van der Waals surface area contributed by atoms with Gasteiger partial charge in [0.2, 0.25) is 5.91 Å². The van der Waals surface area contributed by atoms with Crippen molar-refractivity contribution in [3.05, 3.63) is 12.2 Å². The Morgan fingerprint density at radius 2 is 2.36 bits per heavy atom. The number of carbonyl (C=O) groups excluding carboxylic acids is 1. The average molecular weight is 154 g/mol. The highest BCUT2D eigenvalue weighted by Gasteiger charge is 2.20. The smallest absolute Gasteiger partial charge is 0.243 e. The van der Waals surface area contributed by atoms with Crippen molar-refractivity contribution in [2.24, 2.45) is 11.7 Å². The van der Waals surface area contributed by atoms with Crippen molar-refractivity contribution in [3.63, 3.8) is 0 Å². The minimum absolute atomic E-state index is 0.0256. The quantitative estimate of drug-likeness (QED) is 0.561. The molecule has 0 bridgehead atoms. The summed E-state index contributed by atoms with van der Waals surface area (Å²) in [6.07, 6.45) is 5.67. The number of carbonyl (C=O) groups is 1. The molecular weight excluding hydrogens is 140 g/mol. The van der Waals surface area contributed by atoms with Crippen LogP contribution in [0.1, 0.15) is 12.8 Å². The predicted octanol–water partition coefficient (Wildman–Crippen LogP) is 0.0275. The molecule has 0 atom stereocenters. The van der Waals surface area contributed by atoms with E-state index in [1.807, 2.05) is 0 Å². The molecule has 0 spiro atoms. The lowest BCUT2D eigenvalue weighted by atomic mass is 10.4. The zero-order valence-electron chi connectivity index (χ0n) is 6.55. The van der Waals surface area contributed by atoms with Crippen molar-refractivity contribution in [1.82, 2.24) is 5.32 Å². The first kappa shape index (κ1) is 8.27. The van der Waals surface area contributed by atoms with E-state index in [1.54, 1.807) is 6.08 Å². The molecule has 1 fully saturated rings. The van der Waals surface area contributed by atoms with Crippen LogP contribution < -0.4 is 11.1 Å². The molecule has 1 saturated carbocycles. The molecule has 0 aliphatic heterocycles. The highest BCUT2D eigenvalue weighted by atomic mass is 16.1. The maximum atomic E-state index is 10.9. The Kier molecular flexibility index (Phi) is 3.11. The fourth-order valence-corrected chi connectivity index (χ4v) is 0.801. The van der Waals surface area contributed by atoms with Crippen LogP contribution in [0.5, 0.6) is 0 Å². The van der Waals surface area contributed by atoms with Gasteiger partial charge in [0, 0.05) is 19.2 Å². The summed E-state index contributed by atoms with van der Waals surface area (Å²) in [5.74, 6) is 0.715. The van der Waals surface area contributed by atoms with Gasteiger partial charge in [0.05, 0.1) is 0 Å². The van der Waals surface area contributed by atoms with E-state index in [9.17, 15) is 4.79 Å². The Bertz CT molecular complexity index is 161. The maximum absolute atomic E-state index is 10.9. The molecule has 3 nitrogen and oxygen atoms in total. The molecule has 0 aromatic carbocycles. The van der Waals surface area contributed by atoms with Gasteiger partial charge in [-0.15, -0.1) is 0 Å². The van der Waals surface area contributed by atoms with Crippen molar-refractivity contribution in [2.45, 2.75) is 12.8 Å². The molecule has 0 aromatic heterocycles. The molecule has 1 aliphatic rings. The van der Waals surface area contributed by atoms with Crippen molar-refractivity contribution in [3.8, 4) is 0 Å². The van der Waals surface area contributed by atoms with Crippen LogP contribution in [-0.2, 0) is 4.79 Å². The molecule has 11 heavy (non-hydrogen) atoms. The van der Waals surface area contributed by atoms with Gasteiger partial charge < -0.3 is 11.1 Å². The highest BCUT2D eigenvalue weighted by Crippen LogP contribution is 2.27. The second-order valence-electron chi connectivity index (χ2n) is 2.83. The van der Waals surface area contributed by atoms with Crippen LogP contribution in [0.2, 0.25) is 0 Å². The number of rotatable bonds is 4. The lowest BCUT2D eigenvalue weighted by Crippen LogP contribution is -2.23. The average Bonchev–Trinajstić information content (AvgIpc) is 2.80. The van der Waals surface area contributed by atoms with E-state index in [1.165, 1.54) is 18.9 Å². The van der Waals surface area contributed by atoms with Gasteiger partial charge in [-0.05, 0) is 18.8 Å². The van der Waals surface area contributed by atoms with Crippen molar-refractivity contribution in [1.29, 1.82) is 0 Å². The number of nitrogens with one attached hydrogen (secondary N) is 1. The highest BCUT2D eigenvalue weighted by molar-refractivity contribution is 5.87. The van der Waals surface area contributed by atoms with Gasteiger partial charge >= 0.3 is 0 Å². The van der Waals surface area contributed by atoms with E-state index in [0.29, 0.717) is 6.54 Å². The molecule has 3 heteroatoms. The van der Waals surface area contributed by atoms with Crippen molar-refractivity contribution >= 4 is 5.91 Å². The minimum Gasteiger partial charge on any atom is -0.352 e. The van der Waals surface area contributed by atoms with Crippen LogP contribution in [0.3, 0.4) is 0 Å². The second-order valence-corrected chi connectivity index (χ2v) is 2.83. The molecular formula is C8H14N2O. The Morgan fingerprint density at radius 1 is 1.64 bits per heavy atom. The Balaban J connectivity index is 2.04. The van der Waals surface area contributed by atoms with Gasteiger partial charge in [-0.2, -0.15) is 0 Å². The summed E-state index contributed by atoms with van der Waals surface area (Å²) in [6, 6.07) is 0. The normalized spacial score (nSPS) is 17.2. The van der Waals surface area contributed by atoms with E-state index in [2.05, 4.69) is 5.32 Å². The largest absolute Gasteiger partial charge is 0.352 e. The number of amides is 1. The summed E-state index contributed by atoms with van der Waals surface area (Å²) in [5.41, 5.74) is 5.18.